The zero-order chi connectivity index (χ0) is 36.3. The number of hydrogen-bond donors (Lipinski definition) is 0. The Morgan fingerprint density at radius 3 is 1.18 bits per heavy atom. The molecule has 0 amide bonds. The third-order valence-corrected chi connectivity index (χ3v) is 11.7. The van der Waals surface area contributed by atoms with Crippen molar-refractivity contribution in [1.29, 1.82) is 0 Å². The molecule has 0 bridgehead atoms. The molecule has 0 unspecified atom stereocenters. The molecular formula is C54H35N. The van der Waals surface area contributed by atoms with Crippen LogP contribution in [0.25, 0.3) is 78.1 Å². The van der Waals surface area contributed by atoms with Crippen molar-refractivity contribution in [3.8, 4) is 78.1 Å². The summed E-state index contributed by atoms with van der Waals surface area (Å²) >= 11 is 0. The van der Waals surface area contributed by atoms with Crippen LogP contribution in [0.15, 0.2) is 212 Å². The average Bonchev–Trinajstić information content (AvgIpc) is 3.74. The van der Waals surface area contributed by atoms with E-state index in [1.807, 2.05) is 0 Å². The maximum Gasteiger partial charge on any atom is 0.0725 e. The highest BCUT2D eigenvalue weighted by Crippen LogP contribution is 2.63. The summed E-state index contributed by atoms with van der Waals surface area (Å²) in [7, 11) is 0. The fourth-order valence-electron chi connectivity index (χ4n) is 9.33. The van der Waals surface area contributed by atoms with Crippen LogP contribution in [0.2, 0.25) is 0 Å². The Morgan fingerprint density at radius 1 is 0.236 bits per heavy atom. The first-order chi connectivity index (χ1) is 27.3. The molecule has 9 aromatic rings. The minimum atomic E-state index is -0.367. The molecule has 55 heavy (non-hydrogen) atoms. The molecule has 0 aliphatic heterocycles. The van der Waals surface area contributed by atoms with E-state index < -0.39 is 0 Å². The number of hydrogen-bond acceptors (Lipinski definition) is 1. The lowest BCUT2D eigenvalue weighted by atomic mass is 9.70. The fraction of sp³-hybridized carbons (Fsp3) is 0.0185. The monoisotopic (exact) mass is 697 g/mol. The van der Waals surface area contributed by atoms with Crippen molar-refractivity contribution in [1.82, 2.24) is 4.98 Å². The summed E-state index contributed by atoms with van der Waals surface area (Å²) in [6, 6.07) is 77.5. The summed E-state index contributed by atoms with van der Waals surface area (Å²) in [5.41, 5.74) is 21.6. The molecular weight excluding hydrogens is 663 g/mol. The third-order valence-electron chi connectivity index (χ3n) is 11.7. The first-order valence-corrected chi connectivity index (χ1v) is 19.0. The normalized spacial score (nSPS) is 12.9. The Hall–Kier alpha value is -7.09. The lowest BCUT2D eigenvalue weighted by Gasteiger charge is -2.30. The lowest BCUT2D eigenvalue weighted by molar-refractivity contribution is 0.794. The first-order valence-electron chi connectivity index (χ1n) is 19.0. The van der Waals surface area contributed by atoms with Gasteiger partial charge in [0, 0.05) is 11.1 Å². The Labute approximate surface area is 321 Å². The van der Waals surface area contributed by atoms with Crippen molar-refractivity contribution in [2.45, 2.75) is 5.41 Å². The quantitative estimate of drug-likeness (QED) is 0.174. The summed E-state index contributed by atoms with van der Waals surface area (Å²) in [6.07, 6.45) is 0. The molecule has 2 aliphatic carbocycles. The van der Waals surface area contributed by atoms with Crippen LogP contribution in [0.5, 0.6) is 0 Å². The van der Waals surface area contributed by atoms with Crippen LogP contribution >= 0.6 is 0 Å². The van der Waals surface area contributed by atoms with Gasteiger partial charge in [0.2, 0.25) is 0 Å². The van der Waals surface area contributed by atoms with Gasteiger partial charge in [-0.25, -0.2) is 4.98 Å². The van der Waals surface area contributed by atoms with Crippen molar-refractivity contribution in [3.05, 3.63) is 235 Å². The summed E-state index contributed by atoms with van der Waals surface area (Å²) < 4.78 is 0. The van der Waals surface area contributed by atoms with Crippen LogP contribution in [0.4, 0.5) is 0 Å². The summed E-state index contributed by atoms with van der Waals surface area (Å²) in [5, 5.41) is 0. The number of benzene rings is 8. The molecule has 8 aromatic carbocycles. The van der Waals surface area contributed by atoms with Crippen molar-refractivity contribution >= 4 is 0 Å². The predicted octanol–water partition coefficient (Wildman–Crippen LogP) is 13.8. The fourth-order valence-corrected chi connectivity index (χ4v) is 9.33. The maximum atomic E-state index is 5.16. The van der Waals surface area contributed by atoms with Gasteiger partial charge >= 0.3 is 0 Å². The minimum absolute atomic E-state index is 0.367. The van der Waals surface area contributed by atoms with Crippen molar-refractivity contribution in [2.75, 3.05) is 0 Å². The average molecular weight is 698 g/mol. The van der Waals surface area contributed by atoms with E-state index >= 15 is 0 Å². The van der Waals surface area contributed by atoms with Gasteiger partial charge in [0.15, 0.2) is 0 Å². The predicted molar refractivity (Wildman–Crippen MR) is 228 cm³/mol. The highest BCUT2D eigenvalue weighted by molar-refractivity contribution is 5.96. The van der Waals surface area contributed by atoms with Crippen molar-refractivity contribution < 1.29 is 0 Å². The third kappa shape index (κ3) is 4.83. The molecule has 1 aromatic heterocycles. The molecule has 0 radical (unpaired) electrons. The molecule has 0 fully saturated rings. The largest absolute Gasteiger partial charge is 0.248 e. The Balaban J connectivity index is 1.06. The van der Waals surface area contributed by atoms with Gasteiger partial charge in [-0.1, -0.05) is 188 Å². The van der Waals surface area contributed by atoms with E-state index in [0.717, 1.165) is 28.1 Å². The second kappa shape index (κ2) is 12.5. The molecule has 256 valence electrons. The summed E-state index contributed by atoms with van der Waals surface area (Å²) in [5.74, 6) is 0. The van der Waals surface area contributed by atoms with E-state index in [1.165, 1.54) is 72.3 Å². The number of rotatable bonds is 5. The van der Waals surface area contributed by atoms with E-state index in [2.05, 4.69) is 212 Å². The summed E-state index contributed by atoms with van der Waals surface area (Å²) in [6.45, 7) is 0. The SMILES string of the molecule is c1ccc(-c2cc(-c3ccccc3-c3cccc(-c4ccc5c(c4)C4(c6ccccc6-c6ccccc64)c4ccccc4-5)c3)cc(-c3ccccc3)n2)cc1. The van der Waals surface area contributed by atoms with Gasteiger partial charge in [0.1, 0.15) is 0 Å². The van der Waals surface area contributed by atoms with Gasteiger partial charge in [-0.2, -0.15) is 0 Å². The Bertz CT molecular complexity index is 2800. The molecule has 1 heteroatoms. The molecule has 2 aliphatic rings. The minimum Gasteiger partial charge on any atom is -0.248 e. The molecule has 1 spiro atoms. The number of fused-ring (bicyclic) bond motifs is 10. The van der Waals surface area contributed by atoms with Gasteiger partial charge < -0.3 is 0 Å². The number of aromatic nitrogens is 1. The highest BCUT2D eigenvalue weighted by atomic mass is 14.7. The van der Waals surface area contributed by atoms with Crippen LogP contribution < -0.4 is 0 Å². The zero-order valence-corrected chi connectivity index (χ0v) is 30.2. The van der Waals surface area contributed by atoms with Crippen LogP contribution in [-0.4, -0.2) is 4.98 Å². The second-order valence-electron chi connectivity index (χ2n) is 14.6. The summed E-state index contributed by atoms with van der Waals surface area (Å²) in [4.78, 5) is 5.16. The van der Waals surface area contributed by atoms with Gasteiger partial charge in [-0.15, -0.1) is 0 Å². The van der Waals surface area contributed by atoms with Crippen LogP contribution in [0.1, 0.15) is 22.3 Å². The number of pyridine rings is 1. The van der Waals surface area contributed by atoms with E-state index in [0.29, 0.717) is 0 Å². The Kier molecular flexibility index (Phi) is 7.15. The van der Waals surface area contributed by atoms with Gasteiger partial charge in [0.05, 0.1) is 16.8 Å². The van der Waals surface area contributed by atoms with E-state index in [1.54, 1.807) is 0 Å². The highest BCUT2D eigenvalue weighted by Gasteiger charge is 2.51. The maximum absolute atomic E-state index is 5.16. The molecule has 11 rings (SSSR count). The van der Waals surface area contributed by atoms with Crippen LogP contribution in [0, 0.1) is 0 Å². The van der Waals surface area contributed by atoms with E-state index in [-0.39, 0.29) is 5.41 Å². The molecule has 1 nitrogen and oxygen atoms in total. The molecule has 0 atom stereocenters. The second-order valence-corrected chi connectivity index (χ2v) is 14.6. The zero-order valence-electron chi connectivity index (χ0n) is 30.2. The van der Waals surface area contributed by atoms with Gasteiger partial charge in [-0.05, 0) is 102 Å². The van der Waals surface area contributed by atoms with Crippen LogP contribution in [-0.2, 0) is 5.41 Å². The van der Waals surface area contributed by atoms with Crippen LogP contribution in [0.3, 0.4) is 0 Å². The van der Waals surface area contributed by atoms with Crippen molar-refractivity contribution in [2.24, 2.45) is 0 Å². The number of nitrogens with zero attached hydrogens (tertiary/aromatic N) is 1. The van der Waals surface area contributed by atoms with E-state index in [4.69, 9.17) is 4.98 Å². The lowest BCUT2D eigenvalue weighted by Crippen LogP contribution is -2.25. The molecule has 0 saturated carbocycles. The standard InChI is InChI=1S/C54H35N/c1-3-16-36(17-4-1)52-34-41(35-53(55-52)37-18-5-2-6-19-37)43-23-8-7-22-42(43)40-21-15-20-38(32-40)39-30-31-47-46-26-11-14-29-50(46)54(51(47)33-39)48-27-12-9-24-44(48)45-25-10-13-28-49(45)54/h1-35H. The van der Waals surface area contributed by atoms with Crippen molar-refractivity contribution in [3.63, 3.8) is 0 Å². The topological polar surface area (TPSA) is 12.9 Å². The van der Waals surface area contributed by atoms with Gasteiger partial charge in [-0.3, -0.25) is 0 Å². The molecule has 1 heterocycles. The van der Waals surface area contributed by atoms with E-state index in [9.17, 15) is 0 Å². The Morgan fingerprint density at radius 2 is 0.636 bits per heavy atom. The molecule has 0 N–H and O–H groups in total. The molecule has 0 saturated heterocycles. The first kappa shape index (κ1) is 31.4. The smallest absolute Gasteiger partial charge is 0.0725 e. The van der Waals surface area contributed by atoms with Gasteiger partial charge in [0.25, 0.3) is 0 Å².